The highest BCUT2D eigenvalue weighted by atomic mass is 35.5. The molecular formula is C17H17ClN4O4. The maximum absolute atomic E-state index is 12.7. The van der Waals surface area contributed by atoms with Crippen LogP contribution in [0.15, 0.2) is 36.5 Å². The number of aliphatic carboxylic acids is 1. The van der Waals surface area contributed by atoms with Gasteiger partial charge in [-0.3, -0.25) is 19.1 Å². The van der Waals surface area contributed by atoms with Crippen LogP contribution in [0.4, 0.5) is 5.82 Å². The lowest BCUT2D eigenvalue weighted by atomic mass is 9.93. The van der Waals surface area contributed by atoms with Crippen molar-refractivity contribution in [2.75, 3.05) is 12.4 Å². The van der Waals surface area contributed by atoms with Crippen LogP contribution in [0, 0.1) is 5.92 Å². The van der Waals surface area contributed by atoms with Crippen LogP contribution in [0.1, 0.15) is 18.0 Å². The number of aromatic nitrogens is 2. The Labute approximate surface area is 154 Å². The Bertz CT molecular complexity index is 866. The highest BCUT2D eigenvalue weighted by Crippen LogP contribution is 2.38. The van der Waals surface area contributed by atoms with Crippen molar-refractivity contribution in [3.8, 4) is 0 Å². The molecule has 1 aliphatic heterocycles. The summed E-state index contributed by atoms with van der Waals surface area (Å²) in [5.74, 6) is -1.88. The molecular weight excluding hydrogens is 360 g/mol. The molecule has 0 bridgehead atoms. The summed E-state index contributed by atoms with van der Waals surface area (Å²) >= 11 is 6.04. The summed E-state index contributed by atoms with van der Waals surface area (Å²) in [5.41, 5.74) is 0.780. The molecule has 26 heavy (non-hydrogen) atoms. The molecule has 1 aromatic heterocycles. The van der Waals surface area contributed by atoms with E-state index in [1.807, 2.05) is 6.07 Å². The Kier molecular flexibility index (Phi) is 4.94. The Morgan fingerprint density at radius 1 is 1.38 bits per heavy atom. The van der Waals surface area contributed by atoms with Gasteiger partial charge in [0.2, 0.25) is 11.8 Å². The third kappa shape index (κ3) is 3.70. The number of hydrogen-bond donors (Lipinski definition) is 2. The molecule has 3 rings (SSSR count). The SMILES string of the molecule is CN1C(=O)C[C@@H](C(=O)Nc2ccn(CC(=O)O)n2)[C@@H]1c1cccc(Cl)c1. The van der Waals surface area contributed by atoms with Gasteiger partial charge in [-0.25, -0.2) is 0 Å². The van der Waals surface area contributed by atoms with E-state index in [4.69, 9.17) is 16.7 Å². The van der Waals surface area contributed by atoms with E-state index in [1.54, 1.807) is 30.1 Å². The number of likely N-dealkylation sites (tertiary alicyclic amines) is 1. The molecule has 2 N–H and O–H groups in total. The van der Waals surface area contributed by atoms with E-state index in [2.05, 4.69) is 10.4 Å². The molecule has 0 saturated carbocycles. The summed E-state index contributed by atoms with van der Waals surface area (Å²) < 4.78 is 1.21. The Balaban J connectivity index is 1.79. The van der Waals surface area contributed by atoms with Gasteiger partial charge in [0, 0.05) is 30.8 Å². The third-order valence-corrected chi connectivity index (χ3v) is 4.54. The second-order valence-corrected chi connectivity index (χ2v) is 6.53. The first-order valence-electron chi connectivity index (χ1n) is 7.92. The van der Waals surface area contributed by atoms with Crippen LogP contribution >= 0.6 is 11.6 Å². The van der Waals surface area contributed by atoms with Gasteiger partial charge in [-0.2, -0.15) is 5.10 Å². The number of carboxylic acid groups (broad SMARTS) is 1. The fourth-order valence-corrected chi connectivity index (χ4v) is 3.32. The first kappa shape index (κ1) is 17.9. The minimum Gasteiger partial charge on any atom is -0.480 e. The number of anilines is 1. The lowest BCUT2D eigenvalue weighted by Gasteiger charge is -2.24. The standard InChI is InChI=1S/C17H17ClN4O4/c1-21-14(23)8-12(16(21)10-3-2-4-11(18)7-10)17(26)19-13-5-6-22(20-13)9-15(24)25/h2-7,12,16H,8-9H2,1H3,(H,24,25)(H,19,20,26)/t12-,16+/m1/s1. The number of hydrogen-bond acceptors (Lipinski definition) is 4. The van der Waals surface area contributed by atoms with Gasteiger partial charge in [0.25, 0.3) is 0 Å². The maximum atomic E-state index is 12.7. The third-order valence-electron chi connectivity index (χ3n) is 4.30. The normalized spacial score (nSPS) is 19.6. The van der Waals surface area contributed by atoms with Gasteiger partial charge in [0.05, 0.1) is 12.0 Å². The minimum absolute atomic E-state index is 0.0787. The molecule has 2 heterocycles. The number of carbonyl (C=O) groups is 3. The van der Waals surface area contributed by atoms with Crippen LogP contribution in [0.25, 0.3) is 0 Å². The quantitative estimate of drug-likeness (QED) is 0.827. The summed E-state index contributed by atoms with van der Waals surface area (Å²) in [5, 5.41) is 16.0. The van der Waals surface area contributed by atoms with E-state index in [0.717, 1.165) is 5.56 Å². The number of carbonyl (C=O) groups excluding carboxylic acids is 2. The molecule has 2 atom stereocenters. The molecule has 1 aliphatic rings. The first-order valence-corrected chi connectivity index (χ1v) is 8.30. The van der Waals surface area contributed by atoms with Crippen molar-refractivity contribution in [1.29, 1.82) is 0 Å². The van der Waals surface area contributed by atoms with Crippen molar-refractivity contribution in [2.24, 2.45) is 5.92 Å². The number of benzene rings is 1. The van der Waals surface area contributed by atoms with Gasteiger partial charge in [0.15, 0.2) is 5.82 Å². The van der Waals surface area contributed by atoms with Crippen LogP contribution < -0.4 is 5.32 Å². The topological polar surface area (TPSA) is 105 Å². The van der Waals surface area contributed by atoms with E-state index in [-0.39, 0.29) is 30.6 Å². The number of carboxylic acids is 1. The van der Waals surface area contributed by atoms with Crippen LogP contribution in [-0.2, 0) is 20.9 Å². The maximum Gasteiger partial charge on any atom is 0.325 e. The molecule has 2 amide bonds. The molecule has 9 heteroatoms. The zero-order chi connectivity index (χ0) is 18.8. The van der Waals surface area contributed by atoms with Crippen molar-refractivity contribution in [2.45, 2.75) is 19.0 Å². The Morgan fingerprint density at radius 3 is 2.85 bits per heavy atom. The van der Waals surface area contributed by atoms with Crippen molar-refractivity contribution < 1.29 is 19.5 Å². The lowest BCUT2D eigenvalue weighted by Crippen LogP contribution is -2.30. The predicted molar refractivity (Wildman–Crippen MR) is 93.6 cm³/mol. The van der Waals surface area contributed by atoms with Crippen molar-refractivity contribution >= 4 is 35.2 Å². The Morgan fingerprint density at radius 2 is 2.15 bits per heavy atom. The van der Waals surface area contributed by atoms with Crippen LogP contribution in [-0.4, -0.2) is 44.6 Å². The predicted octanol–water partition coefficient (Wildman–Crippen LogP) is 1.78. The molecule has 1 aromatic carbocycles. The molecule has 1 saturated heterocycles. The number of amides is 2. The fraction of sp³-hybridized carbons (Fsp3) is 0.294. The second kappa shape index (κ2) is 7.17. The summed E-state index contributed by atoms with van der Waals surface area (Å²) in [6.07, 6.45) is 1.54. The molecule has 0 unspecified atom stereocenters. The zero-order valence-electron chi connectivity index (χ0n) is 13.9. The molecule has 0 spiro atoms. The highest BCUT2D eigenvalue weighted by molar-refractivity contribution is 6.30. The van der Waals surface area contributed by atoms with Crippen LogP contribution in [0.5, 0.6) is 0 Å². The van der Waals surface area contributed by atoms with E-state index in [0.29, 0.717) is 5.02 Å². The highest BCUT2D eigenvalue weighted by Gasteiger charge is 2.42. The van der Waals surface area contributed by atoms with Gasteiger partial charge in [-0.05, 0) is 17.7 Å². The molecule has 0 radical (unpaired) electrons. The molecule has 136 valence electrons. The zero-order valence-corrected chi connectivity index (χ0v) is 14.7. The summed E-state index contributed by atoms with van der Waals surface area (Å²) in [4.78, 5) is 37.1. The number of halogens is 1. The lowest BCUT2D eigenvalue weighted by molar-refractivity contribution is -0.138. The monoisotopic (exact) mass is 376 g/mol. The summed E-state index contributed by atoms with van der Waals surface area (Å²) in [6, 6.07) is 8.15. The van der Waals surface area contributed by atoms with Gasteiger partial charge >= 0.3 is 5.97 Å². The average Bonchev–Trinajstić information content (AvgIpc) is 3.11. The van der Waals surface area contributed by atoms with E-state index in [1.165, 1.54) is 16.9 Å². The fourth-order valence-electron chi connectivity index (χ4n) is 3.13. The van der Waals surface area contributed by atoms with Crippen LogP contribution in [0.2, 0.25) is 5.02 Å². The number of nitrogens with one attached hydrogen (secondary N) is 1. The van der Waals surface area contributed by atoms with E-state index < -0.39 is 17.9 Å². The van der Waals surface area contributed by atoms with E-state index >= 15 is 0 Å². The Hall–Kier alpha value is -2.87. The number of rotatable bonds is 5. The summed E-state index contributed by atoms with van der Waals surface area (Å²) in [6.45, 7) is -0.300. The minimum atomic E-state index is -1.03. The molecule has 2 aromatic rings. The van der Waals surface area contributed by atoms with Crippen molar-refractivity contribution in [1.82, 2.24) is 14.7 Å². The van der Waals surface area contributed by atoms with Gasteiger partial charge in [0.1, 0.15) is 6.54 Å². The number of nitrogens with zero attached hydrogens (tertiary/aromatic N) is 3. The second-order valence-electron chi connectivity index (χ2n) is 6.10. The van der Waals surface area contributed by atoms with Gasteiger partial charge in [-0.1, -0.05) is 23.7 Å². The van der Waals surface area contributed by atoms with Crippen molar-refractivity contribution in [3.05, 3.63) is 47.1 Å². The summed E-state index contributed by atoms with van der Waals surface area (Å²) in [7, 11) is 1.66. The van der Waals surface area contributed by atoms with Crippen LogP contribution in [0.3, 0.4) is 0 Å². The molecule has 1 fully saturated rings. The van der Waals surface area contributed by atoms with E-state index in [9.17, 15) is 14.4 Å². The smallest absolute Gasteiger partial charge is 0.325 e. The van der Waals surface area contributed by atoms with Gasteiger partial charge in [-0.15, -0.1) is 0 Å². The van der Waals surface area contributed by atoms with Gasteiger partial charge < -0.3 is 15.3 Å². The van der Waals surface area contributed by atoms with Crippen molar-refractivity contribution in [3.63, 3.8) is 0 Å². The largest absolute Gasteiger partial charge is 0.480 e. The first-order chi connectivity index (χ1) is 12.3. The molecule has 0 aliphatic carbocycles. The molecule has 8 nitrogen and oxygen atoms in total. The average molecular weight is 377 g/mol.